The predicted octanol–water partition coefficient (Wildman–Crippen LogP) is 1.70. The highest BCUT2D eigenvalue weighted by molar-refractivity contribution is 5.75. The summed E-state index contributed by atoms with van der Waals surface area (Å²) in [6, 6.07) is 0. The van der Waals surface area contributed by atoms with E-state index in [1.54, 1.807) is 0 Å². The van der Waals surface area contributed by atoms with E-state index >= 15 is 0 Å². The summed E-state index contributed by atoms with van der Waals surface area (Å²) >= 11 is 0. The minimum atomic E-state index is -0.157. The van der Waals surface area contributed by atoms with Crippen LogP contribution in [0.1, 0.15) is 12.8 Å². The maximum atomic E-state index is 10.8. The SMILES string of the molecule is O=C1CC=C2CC=CC=C2O1. The van der Waals surface area contributed by atoms with E-state index in [4.69, 9.17) is 4.74 Å². The fourth-order valence-electron chi connectivity index (χ4n) is 1.21. The quantitative estimate of drug-likeness (QED) is 0.489. The minimum Gasteiger partial charge on any atom is -0.426 e. The van der Waals surface area contributed by atoms with E-state index in [9.17, 15) is 4.79 Å². The fourth-order valence-corrected chi connectivity index (χ4v) is 1.21. The fraction of sp³-hybridized carbons (Fsp3) is 0.222. The largest absolute Gasteiger partial charge is 0.426 e. The Morgan fingerprint density at radius 2 is 2.27 bits per heavy atom. The van der Waals surface area contributed by atoms with Gasteiger partial charge in [0, 0.05) is 0 Å². The highest BCUT2D eigenvalue weighted by atomic mass is 16.5. The molecule has 0 amide bonds. The van der Waals surface area contributed by atoms with Gasteiger partial charge in [0.05, 0.1) is 6.42 Å². The van der Waals surface area contributed by atoms with Crippen LogP contribution in [0.25, 0.3) is 0 Å². The van der Waals surface area contributed by atoms with Gasteiger partial charge in [-0.05, 0) is 18.1 Å². The molecule has 2 rings (SSSR count). The van der Waals surface area contributed by atoms with Crippen molar-refractivity contribution in [2.75, 3.05) is 0 Å². The summed E-state index contributed by atoms with van der Waals surface area (Å²) in [7, 11) is 0. The zero-order valence-corrected chi connectivity index (χ0v) is 6.04. The average molecular weight is 148 g/mol. The minimum absolute atomic E-state index is 0.157. The number of carbonyl (C=O) groups excluding carboxylic acids is 1. The van der Waals surface area contributed by atoms with Crippen LogP contribution in [0.2, 0.25) is 0 Å². The summed E-state index contributed by atoms with van der Waals surface area (Å²) in [6.45, 7) is 0. The zero-order valence-electron chi connectivity index (χ0n) is 6.04. The van der Waals surface area contributed by atoms with E-state index in [1.807, 2.05) is 18.2 Å². The van der Waals surface area contributed by atoms with Gasteiger partial charge in [-0.2, -0.15) is 0 Å². The van der Waals surface area contributed by atoms with Crippen molar-refractivity contribution >= 4 is 5.97 Å². The van der Waals surface area contributed by atoms with Crippen molar-refractivity contribution in [1.29, 1.82) is 0 Å². The van der Waals surface area contributed by atoms with Crippen LogP contribution in [0.4, 0.5) is 0 Å². The predicted molar refractivity (Wildman–Crippen MR) is 40.6 cm³/mol. The topological polar surface area (TPSA) is 26.3 Å². The first-order chi connectivity index (χ1) is 5.36. The molecule has 0 atom stereocenters. The average Bonchev–Trinajstić information content (AvgIpc) is 2.04. The summed E-state index contributed by atoms with van der Waals surface area (Å²) in [6.07, 6.45) is 9.02. The Morgan fingerprint density at radius 1 is 1.36 bits per heavy atom. The Kier molecular flexibility index (Phi) is 1.39. The first-order valence-electron chi connectivity index (χ1n) is 3.63. The summed E-state index contributed by atoms with van der Waals surface area (Å²) in [5.74, 6) is 0.569. The summed E-state index contributed by atoms with van der Waals surface area (Å²) in [5, 5.41) is 0. The molecular formula is C9H8O2. The van der Waals surface area contributed by atoms with Crippen molar-refractivity contribution in [2.24, 2.45) is 0 Å². The van der Waals surface area contributed by atoms with Gasteiger partial charge in [0.2, 0.25) is 0 Å². The van der Waals surface area contributed by atoms with Crippen molar-refractivity contribution in [3.05, 3.63) is 35.6 Å². The molecule has 0 aromatic heterocycles. The molecule has 0 saturated carbocycles. The van der Waals surface area contributed by atoms with Gasteiger partial charge in [0.25, 0.3) is 0 Å². The third-order valence-corrected chi connectivity index (χ3v) is 1.78. The summed E-state index contributed by atoms with van der Waals surface area (Å²) in [5.41, 5.74) is 1.13. The normalized spacial score (nSPS) is 21.6. The van der Waals surface area contributed by atoms with Gasteiger partial charge in [-0.25, -0.2) is 0 Å². The van der Waals surface area contributed by atoms with Gasteiger partial charge >= 0.3 is 5.97 Å². The van der Waals surface area contributed by atoms with E-state index in [0.29, 0.717) is 6.42 Å². The molecule has 0 spiro atoms. The summed E-state index contributed by atoms with van der Waals surface area (Å²) < 4.78 is 4.99. The van der Waals surface area contributed by atoms with Crippen molar-refractivity contribution < 1.29 is 9.53 Å². The molecule has 1 aliphatic carbocycles. The third-order valence-electron chi connectivity index (χ3n) is 1.78. The van der Waals surface area contributed by atoms with Crippen LogP contribution in [0.5, 0.6) is 0 Å². The van der Waals surface area contributed by atoms with Crippen LogP contribution in [-0.4, -0.2) is 5.97 Å². The molecule has 2 aliphatic rings. The third kappa shape index (κ3) is 1.11. The van der Waals surface area contributed by atoms with Crippen LogP contribution < -0.4 is 0 Å². The molecule has 0 fully saturated rings. The molecule has 0 radical (unpaired) electrons. The van der Waals surface area contributed by atoms with E-state index in [1.165, 1.54) is 0 Å². The first kappa shape index (κ1) is 6.40. The highest BCUT2D eigenvalue weighted by Crippen LogP contribution is 2.25. The molecule has 0 aromatic rings. The van der Waals surface area contributed by atoms with Crippen molar-refractivity contribution in [3.8, 4) is 0 Å². The number of hydrogen-bond acceptors (Lipinski definition) is 2. The Morgan fingerprint density at radius 3 is 3.18 bits per heavy atom. The second-order valence-corrected chi connectivity index (χ2v) is 2.57. The lowest BCUT2D eigenvalue weighted by Crippen LogP contribution is -2.11. The maximum absolute atomic E-state index is 10.8. The molecule has 0 N–H and O–H groups in total. The van der Waals surface area contributed by atoms with Gasteiger partial charge in [0.1, 0.15) is 5.76 Å². The van der Waals surface area contributed by atoms with Gasteiger partial charge in [-0.15, -0.1) is 0 Å². The number of esters is 1. The molecular weight excluding hydrogens is 140 g/mol. The number of allylic oxidation sites excluding steroid dienone is 4. The standard InChI is InChI=1S/C9H8O2/c10-9-6-5-7-3-1-2-4-8(7)11-9/h1-2,4-5H,3,6H2. The molecule has 0 aromatic carbocycles. The monoisotopic (exact) mass is 148 g/mol. The number of hydrogen-bond donors (Lipinski definition) is 0. The van der Waals surface area contributed by atoms with E-state index in [0.717, 1.165) is 17.8 Å². The number of fused-ring (bicyclic) bond motifs is 1. The molecule has 1 aliphatic heterocycles. The maximum Gasteiger partial charge on any atom is 0.315 e. The van der Waals surface area contributed by atoms with E-state index in [-0.39, 0.29) is 5.97 Å². The Labute approximate surface area is 64.9 Å². The molecule has 11 heavy (non-hydrogen) atoms. The van der Waals surface area contributed by atoms with Gasteiger partial charge in [0.15, 0.2) is 0 Å². The number of rotatable bonds is 0. The van der Waals surface area contributed by atoms with Crippen LogP contribution in [0.15, 0.2) is 35.6 Å². The van der Waals surface area contributed by atoms with Crippen molar-refractivity contribution in [2.45, 2.75) is 12.8 Å². The van der Waals surface area contributed by atoms with Crippen molar-refractivity contribution in [1.82, 2.24) is 0 Å². The lowest BCUT2D eigenvalue weighted by Gasteiger charge is -2.17. The molecule has 0 bridgehead atoms. The molecule has 0 saturated heterocycles. The second kappa shape index (κ2) is 2.38. The molecule has 2 heteroatoms. The van der Waals surface area contributed by atoms with Gasteiger partial charge in [-0.1, -0.05) is 18.2 Å². The lowest BCUT2D eigenvalue weighted by molar-refractivity contribution is -0.138. The number of carbonyl (C=O) groups is 1. The smallest absolute Gasteiger partial charge is 0.315 e. The molecule has 0 unspecified atom stereocenters. The zero-order chi connectivity index (χ0) is 7.68. The Bertz CT molecular complexity index is 282. The molecule has 56 valence electrons. The first-order valence-corrected chi connectivity index (χ1v) is 3.63. The number of ether oxygens (including phenoxy) is 1. The Hall–Kier alpha value is -1.31. The Balaban J connectivity index is 2.35. The molecule has 2 nitrogen and oxygen atoms in total. The molecule has 1 heterocycles. The highest BCUT2D eigenvalue weighted by Gasteiger charge is 2.16. The van der Waals surface area contributed by atoms with Crippen LogP contribution >= 0.6 is 0 Å². The van der Waals surface area contributed by atoms with E-state index < -0.39 is 0 Å². The van der Waals surface area contributed by atoms with Crippen molar-refractivity contribution in [3.63, 3.8) is 0 Å². The van der Waals surface area contributed by atoms with Gasteiger partial charge in [-0.3, -0.25) is 4.79 Å². The lowest BCUT2D eigenvalue weighted by atomic mass is 10.0. The van der Waals surface area contributed by atoms with Gasteiger partial charge < -0.3 is 4.74 Å². The van der Waals surface area contributed by atoms with E-state index in [2.05, 4.69) is 6.08 Å². The summed E-state index contributed by atoms with van der Waals surface area (Å²) in [4.78, 5) is 10.8. The van der Waals surface area contributed by atoms with Crippen LogP contribution in [-0.2, 0) is 9.53 Å². The van der Waals surface area contributed by atoms with Crippen LogP contribution in [0, 0.1) is 0 Å². The second-order valence-electron chi connectivity index (χ2n) is 2.57. The van der Waals surface area contributed by atoms with Crippen LogP contribution in [0.3, 0.4) is 0 Å².